The minimum absolute atomic E-state index is 0.806. The summed E-state index contributed by atoms with van der Waals surface area (Å²) >= 11 is 0. The number of hydrogen-bond donors (Lipinski definition) is 2. The topological polar surface area (TPSA) is 40.7 Å². The quantitative estimate of drug-likeness (QED) is 0.741. The molecule has 0 aliphatic rings. The molecule has 3 rings (SSSR count). The maximum atomic E-state index is 3.93. The van der Waals surface area contributed by atoms with Crippen molar-refractivity contribution in [2.24, 2.45) is 0 Å². The maximum Gasteiger partial charge on any atom is 0.0490 e. The lowest BCUT2D eigenvalue weighted by Gasteiger charge is -2.06. The van der Waals surface area contributed by atoms with E-state index in [1.807, 2.05) is 12.1 Å². The van der Waals surface area contributed by atoms with Crippen LogP contribution in [0.3, 0.4) is 0 Å². The van der Waals surface area contributed by atoms with E-state index in [1.165, 1.54) is 16.7 Å². The Balaban J connectivity index is 1.59. The Morgan fingerprint density at radius 3 is 2.25 bits per heavy atom. The highest BCUT2D eigenvalue weighted by Gasteiger charge is 1.98. The second kappa shape index (κ2) is 6.17. The first-order chi connectivity index (χ1) is 9.92. The molecule has 0 saturated carbocycles. The van der Waals surface area contributed by atoms with Gasteiger partial charge in [-0.1, -0.05) is 54.6 Å². The van der Waals surface area contributed by atoms with Crippen LogP contribution in [-0.4, -0.2) is 10.2 Å². The highest BCUT2D eigenvalue weighted by Crippen LogP contribution is 2.19. The van der Waals surface area contributed by atoms with Crippen LogP contribution in [0.15, 0.2) is 66.9 Å². The largest absolute Gasteiger partial charge is 0.307 e. The van der Waals surface area contributed by atoms with E-state index in [9.17, 15) is 0 Å². The monoisotopic (exact) mass is 263 g/mol. The minimum atomic E-state index is 0.806. The average molecular weight is 263 g/mol. The number of hydrogen-bond acceptors (Lipinski definition) is 2. The van der Waals surface area contributed by atoms with Crippen LogP contribution in [-0.2, 0) is 13.1 Å². The summed E-state index contributed by atoms with van der Waals surface area (Å²) in [6, 6.07) is 21.1. The minimum Gasteiger partial charge on any atom is -0.307 e. The Bertz CT molecular complexity index is 628. The fourth-order valence-corrected chi connectivity index (χ4v) is 2.17. The SMILES string of the molecule is c1ccc(-c2ccc(CNCc3ccn[nH]3)cc2)cc1. The van der Waals surface area contributed by atoms with Gasteiger partial charge in [0.15, 0.2) is 0 Å². The first-order valence-electron chi connectivity index (χ1n) is 6.75. The summed E-state index contributed by atoms with van der Waals surface area (Å²) < 4.78 is 0. The molecule has 0 atom stereocenters. The zero-order valence-corrected chi connectivity index (χ0v) is 11.2. The molecular weight excluding hydrogens is 246 g/mol. The van der Waals surface area contributed by atoms with Crippen LogP contribution in [0.2, 0.25) is 0 Å². The second-order valence-electron chi connectivity index (χ2n) is 4.75. The molecule has 100 valence electrons. The van der Waals surface area contributed by atoms with Gasteiger partial charge in [-0.2, -0.15) is 5.10 Å². The van der Waals surface area contributed by atoms with Gasteiger partial charge in [-0.3, -0.25) is 5.10 Å². The van der Waals surface area contributed by atoms with E-state index in [0.29, 0.717) is 0 Å². The molecule has 0 fully saturated rings. The molecule has 3 heteroatoms. The van der Waals surface area contributed by atoms with E-state index < -0.39 is 0 Å². The van der Waals surface area contributed by atoms with E-state index in [4.69, 9.17) is 0 Å². The van der Waals surface area contributed by atoms with E-state index in [-0.39, 0.29) is 0 Å². The van der Waals surface area contributed by atoms with E-state index in [0.717, 1.165) is 18.8 Å². The Labute approximate surface area is 118 Å². The van der Waals surface area contributed by atoms with E-state index >= 15 is 0 Å². The van der Waals surface area contributed by atoms with E-state index in [2.05, 4.69) is 64.0 Å². The Hall–Kier alpha value is -2.39. The van der Waals surface area contributed by atoms with Crippen molar-refractivity contribution >= 4 is 0 Å². The molecule has 20 heavy (non-hydrogen) atoms. The summed E-state index contributed by atoms with van der Waals surface area (Å²) in [7, 11) is 0. The molecule has 1 aromatic heterocycles. The first kappa shape index (κ1) is 12.6. The van der Waals surface area contributed by atoms with Crippen molar-refractivity contribution in [3.63, 3.8) is 0 Å². The molecule has 0 saturated heterocycles. The molecule has 1 heterocycles. The van der Waals surface area contributed by atoms with Gasteiger partial charge >= 0.3 is 0 Å². The fourth-order valence-electron chi connectivity index (χ4n) is 2.17. The summed E-state index contributed by atoms with van der Waals surface area (Å²) in [6.07, 6.45) is 1.77. The van der Waals surface area contributed by atoms with Crippen molar-refractivity contribution in [3.05, 3.63) is 78.1 Å². The highest BCUT2D eigenvalue weighted by molar-refractivity contribution is 5.63. The highest BCUT2D eigenvalue weighted by atomic mass is 15.1. The zero-order valence-electron chi connectivity index (χ0n) is 11.2. The molecule has 0 bridgehead atoms. The number of nitrogens with zero attached hydrogens (tertiary/aromatic N) is 1. The standard InChI is InChI=1S/C17H17N3/c1-2-4-15(5-3-1)16-8-6-14(7-9-16)12-18-13-17-10-11-19-20-17/h1-11,18H,12-13H2,(H,19,20). The van der Waals surface area contributed by atoms with Crippen LogP contribution in [0.5, 0.6) is 0 Å². The van der Waals surface area contributed by atoms with Crippen molar-refractivity contribution in [3.8, 4) is 11.1 Å². The molecule has 0 aliphatic heterocycles. The van der Waals surface area contributed by atoms with Crippen molar-refractivity contribution in [2.45, 2.75) is 13.1 Å². The third-order valence-electron chi connectivity index (χ3n) is 3.26. The average Bonchev–Trinajstić information content (AvgIpc) is 3.02. The van der Waals surface area contributed by atoms with Crippen LogP contribution < -0.4 is 5.32 Å². The number of benzene rings is 2. The molecule has 3 aromatic rings. The van der Waals surface area contributed by atoms with Gasteiger partial charge in [0.1, 0.15) is 0 Å². The van der Waals surface area contributed by atoms with Gasteiger partial charge in [-0.25, -0.2) is 0 Å². The zero-order chi connectivity index (χ0) is 13.6. The molecule has 0 amide bonds. The summed E-state index contributed by atoms with van der Waals surface area (Å²) in [5.41, 5.74) is 4.89. The third-order valence-corrected chi connectivity index (χ3v) is 3.26. The molecule has 3 nitrogen and oxygen atoms in total. The molecule has 2 aromatic carbocycles. The molecule has 0 unspecified atom stereocenters. The lowest BCUT2D eigenvalue weighted by molar-refractivity contribution is 0.677. The summed E-state index contributed by atoms with van der Waals surface area (Å²) in [5, 5.41) is 10.3. The molecule has 0 spiro atoms. The van der Waals surface area contributed by atoms with Crippen molar-refractivity contribution in [1.29, 1.82) is 0 Å². The predicted molar refractivity (Wildman–Crippen MR) is 81.0 cm³/mol. The lowest BCUT2D eigenvalue weighted by atomic mass is 10.0. The van der Waals surface area contributed by atoms with Gasteiger partial charge in [-0.15, -0.1) is 0 Å². The van der Waals surface area contributed by atoms with Crippen LogP contribution in [0.4, 0.5) is 0 Å². The van der Waals surface area contributed by atoms with Crippen LogP contribution in [0, 0.1) is 0 Å². The summed E-state index contributed by atoms with van der Waals surface area (Å²) in [4.78, 5) is 0. The smallest absolute Gasteiger partial charge is 0.0490 e. The number of aromatic amines is 1. The van der Waals surface area contributed by atoms with Gasteiger partial charge in [0.25, 0.3) is 0 Å². The predicted octanol–water partition coefficient (Wildman–Crippen LogP) is 3.37. The van der Waals surface area contributed by atoms with Gasteiger partial charge in [0.05, 0.1) is 0 Å². The van der Waals surface area contributed by atoms with Gasteiger partial charge in [0.2, 0.25) is 0 Å². The number of nitrogens with one attached hydrogen (secondary N) is 2. The Morgan fingerprint density at radius 2 is 1.55 bits per heavy atom. The Morgan fingerprint density at radius 1 is 0.800 bits per heavy atom. The van der Waals surface area contributed by atoms with Gasteiger partial charge in [-0.05, 0) is 22.8 Å². The van der Waals surface area contributed by atoms with Crippen molar-refractivity contribution in [1.82, 2.24) is 15.5 Å². The fraction of sp³-hybridized carbons (Fsp3) is 0.118. The normalized spacial score (nSPS) is 10.6. The van der Waals surface area contributed by atoms with Gasteiger partial charge in [0, 0.05) is 25.0 Å². The molecular formula is C17H17N3. The number of H-pyrrole nitrogens is 1. The second-order valence-corrected chi connectivity index (χ2v) is 4.75. The van der Waals surface area contributed by atoms with Crippen LogP contribution in [0.1, 0.15) is 11.3 Å². The summed E-state index contributed by atoms with van der Waals surface area (Å²) in [5.74, 6) is 0. The molecule has 2 N–H and O–H groups in total. The third kappa shape index (κ3) is 3.13. The van der Waals surface area contributed by atoms with Crippen LogP contribution in [0.25, 0.3) is 11.1 Å². The first-order valence-corrected chi connectivity index (χ1v) is 6.75. The van der Waals surface area contributed by atoms with Crippen molar-refractivity contribution in [2.75, 3.05) is 0 Å². The van der Waals surface area contributed by atoms with E-state index in [1.54, 1.807) is 6.20 Å². The molecule has 0 radical (unpaired) electrons. The van der Waals surface area contributed by atoms with Crippen LogP contribution >= 0.6 is 0 Å². The lowest BCUT2D eigenvalue weighted by Crippen LogP contribution is -2.12. The van der Waals surface area contributed by atoms with Crippen molar-refractivity contribution < 1.29 is 0 Å². The maximum absolute atomic E-state index is 3.93. The number of aromatic nitrogens is 2. The van der Waals surface area contributed by atoms with Gasteiger partial charge < -0.3 is 5.32 Å². The molecule has 0 aliphatic carbocycles. The Kier molecular flexibility index (Phi) is 3.90. The number of rotatable bonds is 5. The summed E-state index contributed by atoms with van der Waals surface area (Å²) in [6.45, 7) is 1.66.